The van der Waals surface area contributed by atoms with Gasteiger partial charge in [0.2, 0.25) is 23.0 Å². The summed E-state index contributed by atoms with van der Waals surface area (Å²) in [4.78, 5) is 59.3. The number of hydrogen-bond acceptors (Lipinski definition) is 10. The van der Waals surface area contributed by atoms with Crippen LogP contribution in [-0.4, -0.2) is 101 Å². The highest BCUT2D eigenvalue weighted by Gasteiger charge is 2.54. The molecule has 2 aliphatic heterocycles. The summed E-state index contributed by atoms with van der Waals surface area (Å²) in [6, 6.07) is 4.46. The number of nitrogens with zero attached hydrogens (tertiary/aromatic N) is 11. The first-order chi connectivity index (χ1) is 31.8. The van der Waals surface area contributed by atoms with Gasteiger partial charge in [-0.2, -0.15) is 9.97 Å². The Bertz CT molecular complexity index is 2800. The Hall–Kier alpha value is -6.71. The van der Waals surface area contributed by atoms with Crippen molar-refractivity contribution >= 4 is 46.4 Å². The number of halogens is 9. The Balaban J connectivity index is 0.000000152. The van der Waals surface area contributed by atoms with Crippen molar-refractivity contribution in [3.63, 3.8) is 0 Å². The van der Waals surface area contributed by atoms with Crippen LogP contribution in [0.1, 0.15) is 52.4 Å². The summed E-state index contributed by atoms with van der Waals surface area (Å²) in [6.07, 6.45) is 8.63. The minimum atomic E-state index is -2.77. The molecule has 2 fully saturated rings. The van der Waals surface area contributed by atoms with Gasteiger partial charge in [0.1, 0.15) is 58.4 Å². The number of anilines is 4. The summed E-state index contributed by atoms with van der Waals surface area (Å²) in [5.74, 6) is -7.01. The molecule has 2 aromatic carbocycles. The quantitative estimate of drug-likeness (QED) is 0.122. The van der Waals surface area contributed by atoms with Crippen LogP contribution in [0.5, 0.6) is 0 Å². The van der Waals surface area contributed by atoms with E-state index in [1.165, 1.54) is 63.6 Å². The lowest BCUT2D eigenvalue weighted by atomic mass is 9.85. The summed E-state index contributed by atoms with van der Waals surface area (Å²) >= 11 is 5.84. The fourth-order valence-electron chi connectivity index (χ4n) is 8.57. The zero-order chi connectivity index (χ0) is 48.1. The molecule has 0 radical (unpaired) electrons. The van der Waals surface area contributed by atoms with Crippen LogP contribution < -0.4 is 19.6 Å². The molecule has 23 heteroatoms. The molecule has 14 nitrogen and oxygen atoms in total. The fourth-order valence-corrected chi connectivity index (χ4v) is 8.70. The number of likely N-dealkylation sites (N-methyl/N-ethyl adjacent to an activating group) is 2. The number of alkyl halides is 4. The van der Waals surface area contributed by atoms with Crippen LogP contribution in [0, 0.1) is 23.3 Å². The summed E-state index contributed by atoms with van der Waals surface area (Å²) in [5, 5.41) is 0.0439. The van der Waals surface area contributed by atoms with Gasteiger partial charge in [-0.1, -0.05) is 13.8 Å². The smallest absolute Gasteiger partial charge is 0.252 e. The Morgan fingerprint density at radius 1 is 0.687 bits per heavy atom. The Labute approximate surface area is 382 Å². The van der Waals surface area contributed by atoms with Crippen molar-refractivity contribution in [2.45, 2.75) is 88.4 Å². The maximum Gasteiger partial charge on any atom is 0.252 e. The number of H-pyrrole nitrogens is 1. The zero-order valence-corrected chi connectivity index (χ0v) is 36.9. The minimum Gasteiger partial charge on any atom is -0.345 e. The van der Waals surface area contributed by atoms with Gasteiger partial charge in [0.05, 0.1) is 23.5 Å². The van der Waals surface area contributed by atoms with E-state index in [2.05, 4.69) is 34.9 Å². The standard InChI is InChI=1S/C22H20F4N6O.C13H15ClF2N4O.C9H6F2N2/c1-3-16-20(33)30(2)17-11-28-21(29-19(17)32(16)13-9-22(25,26)10-13)31-7-6-27-18(31)14-5-4-12(23)8-15(14)24;1-3-8-11(21)19(2)9-6-17-12(14)18-10(9)20(8)7-4-13(15,16)5-7;10-6-1-2-7(8(11)5-6)9-12-3-4-13-9/h4-8,11,13,16H,3,9-10H2,1-2H3;6-8H,3-5H2,1-2H3;1-5H,(H,12,13)/t16-;8-;/m11./s1. The lowest BCUT2D eigenvalue weighted by Gasteiger charge is -2.49. The maximum atomic E-state index is 14.4. The highest BCUT2D eigenvalue weighted by atomic mass is 35.5. The Morgan fingerprint density at radius 3 is 1.67 bits per heavy atom. The van der Waals surface area contributed by atoms with Gasteiger partial charge in [-0.15, -0.1) is 0 Å². The minimum absolute atomic E-state index is 0.0439. The number of benzene rings is 2. The lowest BCUT2D eigenvalue weighted by Crippen LogP contribution is -2.61. The van der Waals surface area contributed by atoms with E-state index in [1.54, 1.807) is 30.1 Å². The highest BCUT2D eigenvalue weighted by molar-refractivity contribution is 6.28. The number of nitrogens with one attached hydrogen (secondary N) is 1. The lowest BCUT2D eigenvalue weighted by molar-refractivity contribution is -0.122. The van der Waals surface area contributed by atoms with Gasteiger partial charge in [-0.25, -0.2) is 55.1 Å². The van der Waals surface area contributed by atoms with E-state index in [1.807, 2.05) is 13.8 Å². The average Bonchev–Trinajstić information content (AvgIpc) is 3.98. The maximum absolute atomic E-state index is 14.4. The van der Waals surface area contributed by atoms with Crippen molar-refractivity contribution in [1.29, 1.82) is 0 Å². The normalized spacial score (nSPS) is 19.7. The molecule has 10 rings (SSSR count). The molecule has 0 unspecified atom stereocenters. The number of hydrogen-bond donors (Lipinski definition) is 1. The van der Waals surface area contributed by atoms with E-state index in [4.69, 9.17) is 11.6 Å². The van der Waals surface area contributed by atoms with Gasteiger partial charge in [0, 0.05) is 88.8 Å². The van der Waals surface area contributed by atoms with Gasteiger partial charge >= 0.3 is 0 Å². The second-order valence-corrected chi connectivity index (χ2v) is 16.7. The van der Waals surface area contributed by atoms with Crippen molar-refractivity contribution in [2.24, 2.45) is 0 Å². The van der Waals surface area contributed by atoms with Crippen molar-refractivity contribution in [3.8, 4) is 28.7 Å². The molecule has 2 saturated carbocycles. The van der Waals surface area contributed by atoms with Crippen molar-refractivity contribution in [2.75, 3.05) is 33.7 Å². The number of aromatic amines is 1. The third kappa shape index (κ3) is 9.09. The first kappa shape index (κ1) is 46.8. The molecule has 0 spiro atoms. The SMILES string of the molecule is CC[C@@H]1C(=O)N(C)c2cnc(-n3ccnc3-c3ccc(F)cc3F)nc2N1C1CC(F)(F)C1.CC[C@@H]1C(=O)N(C)c2cnc(Cl)nc2N1C1CC(F)(F)C1.Fc1ccc(-c2ncc[nH]2)c(F)c1. The highest BCUT2D eigenvalue weighted by Crippen LogP contribution is 2.48. The molecule has 67 heavy (non-hydrogen) atoms. The van der Waals surface area contributed by atoms with Crippen LogP contribution in [0.25, 0.3) is 28.7 Å². The largest absolute Gasteiger partial charge is 0.345 e. The number of carbonyl (C=O) groups is 2. The predicted octanol–water partition coefficient (Wildman–Crippen LogP) is 8.81. The number of fused-ring (bicyclic) bond motifs is 2. The predicted molar refractivity (Wildman–Crippen MR) is 231 cm³/mol. The topological polar surface area (TPSA) is 145 Å². The summed E-state index contributed by atoms with van der Waals surface area (Å²) < 4.78 is 109. The van der Waals surface area contributed by atoms with E-state index in [0.717, 1.165) is 18.2 Å². The van der Waals surface area contributed by atoms with Crippen LogP contribution in [0.3, 0.4) is 0 Å². The average molecular weight is 957 g/mol. The van der Waals surface area contributed by atoms with Gasteiger partial charge in [-0.05, 0) is 48.7 Å². The molecule has 352 valence electrons. The van der Waals surface area contributed by atoms with Crippen LogP contribution in [0.15, 0.2) is 73.6 Å². The zero-order valence-electron chi connectivity index (χ0n) is 36.1. The molecule has 2 aliphatic carbocycles. The molecule has 6 heterocycles. The van der Waals surface area contributed by atoms with E-state index >= 15 is 0 Å². The number of amides is 2. The summed E-state index contributed by atoms with van der Waals surface area (Å²) in [5.41, 5.74) is 1.23. The number of aromatic nitrogens is 8. The van der Waals surface area contributed by atoms with Gasteiger partial charge in [0.15, 0.2) is 11.6 Å². The molecule has 1 N–H and O–H groups in total. The van der Waals surface area contributed by atoms with Crippen LogP contribution in [0.2, 0.25) is 5.28 Å². The number of rotatable bonds is 7. The molecule has 4 aromatic heterocycles. The van der Waals surface area contributed by atoms with Crippen molar-refractivity contribution in [3.05, 3.63) is 102 Å². The third-order valence-corrected chi connectivity index (χ3v) is 12.2. The molecule has 0 bridgehead atoms. The van der Waals surface area contributed by atoms with E-state index < -0.39 is 59.3 Å². The van der Waals surface area contributed by atoms with Gasteiger partial charge in [0.25, 0.3) is 11.8 Å². The molecular formula is C44H41ClF8N12O2. The number of imidazole rings is 2. The van der Waals surface area contributed by atoms with Gasteiger partial charge in [-0.3, -0.25) is 14.2 Å². The fraction of sp³-hybridized carbons (Fsp3) is 0.364. The van der Waals surface area contributed by atoms with Crippen molar-refractivity contribution < 1.29 is 44.7 Å². The summed E-state index contributed by atoms with van der Waals surface area (Å²) in [6.45, 7) is 3.67. The molecule has 6 aromatic rings. The third-order valence-electron chi connectivity index (χ3n) is 12.0. The molecule has 2 atom stereocenters. The first-order valence-electron chi connectivity index (χ1n) is 21.0. The van der Waals surface area contributed by atoms with E-state index in [0.29, 0.717) is 41.7 Å². The van der Waals surface area contributed by atoms with E-state index in [-0.39, 0.29) is 65.7 Å². The van der Waals surface area contributed by atoms with Crippen LogP contribution >= 0.6 is 11.6 Å². The second kappa shape index (κ2) is 18.2. The molecular weight excluding hydrogens is 916 g/mol. The van der Waals surface area contributed by atoms with Gasteiger partial charge < -0.3 is 24.6 Å². The molecule has 2 amide bonds. The van der Waals surface area contributed by atoms with Crippen LogP contribution in [-0.2, 0) is 9.59 Å². The first-order valence-corrected chi connectivity index (χ1v) is 21.4. The second-order valence-electron chi connectivity index (χ2n) is 16.3. The monoisotopic (exact) mass is 956 g/mol. The summed E-state index contributed by atoms with van der Waals surface area (Å²) in [7, 11) is 3.23. The Morgan fingerprint density at radius 2 is 1.19 bits per heavy atom. The van der Waals surface area contributed by atoms with Crippen molar-refractivity contribution in [1.82, 2.24) is 39.5 Å². The number of carbonyl (C=O) groups excluding carboxylic acids is 2. The molecule has 0 saturated heterocycles. The molecule has 4 aliphatic rings. The van der Waals surface area contributed by atoms with E-state index in [9.17, 15) is 44.7 Å². The Kier molecular flexibility index (Phi) is 12.7. The van der Waals surface area contributed by atoms with Crippen LogP contribution in [0.4, 0.5) is 58.1 Å².